The van der Waals surface area contributed by atoms with Gasteiger partial charge >= 0.3 is 0 Å². The Balaban J connectivity index is 1.63. The number of benzene rings is 2. The molecule has 0 saturated carbocycles. The fourth-order valence-electron chi connectivity index (χ4n) is 3.09. The van der Waals surface area contributed by atoms with E-state index in [2.05, 4.69) is 15.3 Å². The van der Waals surface area contributed by atoms with Crippen LogP contribution in [0.5, 0.6) is 0 Å². The molecule has 0 fully saturated rings. The van der Waals surface area contributed by atoms with Crippen LogP contribution in [0.1, 0.15) is 40.3 Å². The summed E-state index contributed by atoms with van der Waals surface area (Å²) in [6.45, 7) is 5.80. The molecule has 0 aliphatic carbocycles. The summed E-state index contributed by atoms with van der Waals surface area (Å²) in [6.07, 6.45) is 0. The van der Waals surface area contributed by atoms with Crippen molar-refractivity contribution in [1.29, 1.82) is 0 Å². The molecule has 2 amide bonds. The molecule has 3 aromatic rings. The van der Waals surface area contributed by atoms with Gasteiger partial charge in [0.2, 0.25) is 5.91 Å². The molecule has 7 heteroatoms. The first-order valence-corrected chi connectivity index (χ1v) is 11.0. The molecule has 1 aromatic heterocycles. The second-order valence-electron chi connectivity index (χ2n) is 7.35. The number of amides is 2. The van der Waals surface area contributed by atoms with E-state index >= 15 is 0 Å². The van der Waals surface area contributed by atoms with E-state index in [1.807, 2.05) is 69.3 Å². The van der Waals surface area contributed by atoms with Crippen molar-refractivity contribution < 1.29 is 9.59 Å². The molecule has 6 nitrogen and oxygen atoms in total. The van der Waals surface area contributed by atoms with Gasteiger partial charge in [0.05, 0.1) is 11.8 Å². The van der Waals surface area contributed by atoms with Crippen LogP contribution in [0.3, 0.4) is 0 Å². The predicted octanol–water partition coefficient (Wildman–Crippen LogP) is 4.66. The Bertz CT molecular complexity index is 1050. The van der Waals surface area contributed by atoms with Gasteiger partial charge in [0.25, 0.3) is 5.91 Å². The van der Waals surface area contributed by atoms with Gasteiger partial charge in [-0.05, 0) is 56.7 Å². The third-order valence-electron chi connectivity index (χ3n) is 4.92. The van der Waals surface area contributed by atoms with E-state index in [1.54, 1.807) is 24.1 Å². The Kier molecular flexibility index (Phi) is 7.41. The molecule has 1 heterocycles. The van der Waals surface area contributed by atoms with E-state index in [1.165, 1.54) is 11.8 Å². The molecule has 0 spiro atoms. The quantitative estimate of drug-likeness (QED) is 0.432. The van der Waals surface area contributed by atoms with Crippen LogP contribution in [-0.2, 0) is 4.79 Å². The molecule has 0 aliphatic rings. The summed E-state index contributed by atoms with van der Waals surface area (Å²) in [4.78, 5) is 35.6. The maximum atomic E-state index is 12.7. The molecule has 1 atom stereocenters. The first-order valence-electron chi connectivity index (χ1n) is 10.0. The minimum Gasteiger partial charge on any atom is -0.338 e. The van der Waals surface area contributed by atoms with Crippen LogP contribution < -0.4 is 5.32 Å². The van der Waals surface area contributed by atoms with Crippen LogP contribution in [0.2, 0.25) is 0 Å². The Morgan fingerprint density at radius 2 is 1.68 bits per heavy atom. The van der Waals surface area contributed by atoms with Crippen molar-refractivity contribution in [3.63, 3.8) is 0 Å². The molecule has 0 aliphatic heterocycles. The third-order valence-corrected chi connectivity index (χ3v) is 5.76. The molecule has 1 N–H and O–H groups in total. The molecule has 2 aromatic carbocycles. The molecular formula is C24H26N4O2S. The third kappa shape index (κ3) is 6.15. The second kappa shape index (κ2) is 10.2. The first kappa shape index (κ1) is 22.5. The van der Waals surface area contributed by atoms with Crippen LogP contribution in [-0.4, -0.2) is 39.5 Å². The summed E-state index contributed by atoms with van der Waals surface area (Å²) in [6, 6.07) is 18.4. The number of hydrogen-bond donors (Lipinski definition) is 1. The Labute approximate surface area is 187 Å². The van der Waals surface area contributed by atoms with Crippen LogP contribution in [0, 0.1) is 13.8 Å². The summed E-state index contributed by atoms with van der Waals surface area (Å²) >= 11 is 1.34. The lowest BCUT2D eigenvalue weighted by Crippen LogP contribution is -2.31. The monoisotopic (exact) mass is 434 g/mol. The number of hydrogen-bond acceptors (Lipinski definition) is 5. The van der Waals surface area contributed by atoms with E-state index in [0.29, 0.717) is 16.4 Å². The maximum absolute atomic E-state index is 12.7. The van der Waals surface area contributed by atoms with Crippen molar-refractivity contribution in [3.05, 3.63) is 83.2 Å². The number of aromatic nitrogens is 2. The van der Waals surface area contributed by atoms with Gasteiger partial charge < -0.3 is 10.2 Å². The zero-order valence-electron chi connectivity index (χ0n) is 18.1. The molecule has 0 bridgehead atoms. The number of nitrogens with zero attached hydrogens (tertiary/aromatic N) is 3. The van der Waals surface area contributed by atoms with E-state index in [9.17, 15) is 9.59 Å². The van der Waals surface area contributed by atoms with Crippen LogP contribution in [0.25, 0.3) is 0 Å². The number of carbonyl (C=O) groups excluding carboxylic acids is 2. The van der Waals surface area contributed by atoms with E-state index < -0.39 is 0 Å². The van der Waals surface area contributed by atoms with Gasteiger partial charge in [-0.1, -0.05) is 42.1 Å². The van der Waals surface area contributed by atoms with Crippen molar-refractivity contribution in [2.24, 2.45) is 0 Å². The van der Waals surface area contributed by atoms with Gasteiger partial charge in [0, 0.05) is 29.7 Å². The zero-order chi connectivity index (χ0) is 22.4. The highest BCUT2D eigenvalue weighted by Crippen LogP contribution is 2.24. The van der Waals surface area contributed by atoms with Crippen molar-refractivity contribution >= 4 is 29.3 Å². The second-order valence-corrected chi connectivity index (χ2v) is 8.29. The lowest BCUT2D eigenvalue weighted by Gasteiger charge is -2.25. The van der Waals surface area contributed by atoms with Crippen molar-refractivity contribution in [3.8, 4) is 0 Å². The SMILES string of the molecule is Cc1cc(C)nc(SCC(=O)N(C)[C@@H](C)c2cccc(NC(=O)c3ccccc3)c2)n1. The molecular weight excluding hydrogens is 408 g/mol. The smallest absolute Gasteiger partial charge is 0.255 e. The average molecular weight is 435 g/mol. The highest BCUT2D eigenvalue weighted by Gasteiger charge is 2.19. The summed E-state index contributed by atoms with van der Waals surface area (Å²) in [5.74, 6) is 0.0763. The van der Waals surface area contributed by atoms with Gasteiger partial charge in [0.1, 0.15) is 0 Å². The molecule has 160 valence electrons. The molecule has 0 radical (unpaired) electrons. The Morgan fingerprint density at radius 1 is 1.00 bits per heavy atom. The molecule has 3 rings (SSSR count). The van der Waals surface area contributed by atoms with E-state index in [-0.39, 0.29) is 23.6 Å². The Morgan fingerprint density at radius 3 is 2.35 bits per heavy atom. The molecule has 0 unspecified atom stereocenters. The van der Waals surface area contributed by atoms with Gasteiger partial charge in [-0.3, -0.25) is 9.59 Å². The number of rotatable bonds is 7. The standard InChI is InChI=1S/C24H26N4O2S/c1-16-13-17(2)26-24(25-16)31-15-22(29)28(4)18(3)20-11-8-12-21(14-20)27-23(30)19-9-6-5-7-10-19/h5-14,18H,15H2,1-4H3,(H,27,30)/t18-/m0/s1. The van der Waals surface area contributed by atoms with Crippen molar-refractivity contribution in [2.75, 3.05) is 18.1 Å². The highest BCUT2D eigenvalue weighted by molar-refractivity contribution is 7.99. The lowest BCUT2D eigenvalue weighted by atomic mass is 10.1. The number of nitrogens with one attached hydrogen (secondary N) is 1. The number of aryl methyl sites for hydroxylation is 2. The number of carbonyl (C=O) groups is 2. The summed E-state index contributed by atoms with van der Waals surface area (Å²) in [7, 11) is 1.78. The minimum absolute atomic E-state index is 0.0148. The Hall–Kier alpha value is -3.19. The van der Waals surface area contributed by atoms with Crippen molar-refractivity contribution in [2.45, 2.75) is 32.0 Å². The van der Waals surface area contributed by atoms with Gasteiger partial charge in [0.15, 0.2) is 5.16 Å². The minimum atomic E-state index is -0.167. The average Bonchev–Trinajstić information content (AvgIpc) is 2.76. The normalized spacial score (nSPS) is 11.6. The van der Waals surface area contributed by atoms with E-state index in [4.69, 9.17) is 0 Å². The van der Waals surface area contributed by atoms with Gasteiger partial charge in [-0.15, -0.1) is 0 Å². The molecule has 0 saturated heterocycles. The summed E-state index contributed by atoms with van der Waals surface area (Å²) in [5.41, 5.74) is 4.00. The first-order chi connectivity index (χ1) is 14.8. The van der Waals surface area contributed by atoms with Crippen molar-refractivity contribution in [1.82, 2.24) is 14.9 Å². The number of anilines is 1. The summed E-state index contributed by atoms with van der Waals surface area (Å²) in [5, 5.41) is 3.52. The van der Waals surface area contributed by atoms with E-state index in [0.717, 1.165) is 17.0 Å². The number of thioether (sulfide) groups is 1. The van der Waals surface area contributed by atoms with Crippen LogP contribution >= 0.6 is 11.8 Å². The predicted molar refractivity (Wildman–Crippen MR) is 124 cm³/mol. The lowest BCUT2D eigenvalue weighted by molar-refractivity contribution is -0.128. The summed E-state index contributed by atoms with van der Waals surface area (Å²) < 4.78 is 0. The van der Waals surface area contributed by atoms with Gasteiger partial charge in [-0.2, -0.15) is 0 Å². The van der Waals surface area contributed by atoms with Crippen LogP contribution in [0.15, 0.2) is 65.8 Å². The fraction of sp³-hybridized carbons (Fsp3) is 0.250. The van der Waals surface area contributed by atoms with Crippen LogP contribution in [0.4, 0.5) is 5.69 Å². The highest BCUT2D eigenvalue weighted by atomic mass is 32.2. The molecule has 31 heavy (non-hydrogen) atoms. The zero-order valence-corrected chi connectivity index (χ0v) is 18.9. The fourth-order valence-corrected chi connectivity index (χ4v) is 3.97. The largest absolute Gasteiger partial charge is 0.338 e. The van der Waals surface area contributed by atoms with Gasteiger partial charge in [-0.25, -0.2) is 9.97 Å². The maximum Gasteiger partial charge on any atom is 0.255 e. The topological polar surface area (TPSA) is 75.2 Å².